The molecule has 0 unspecified atom stereocenters. The molecule has 5 nitrogen and oxygen atoms in total. The summed E-state index contributed by atoms with van der Waals surface area (Å²) in [6.45, 7) is 3.93. The van der Waals surface area contributed by atoms with Crippen LogP contribution >= 0.6 is 11.3 Å². The van der Waals surface area contributed by atoms with Crippen LogP contribution in [0.2, 0.25) is 0 Å². The first-order valence-corrected chi connectivity index (χ1v) is 10.2. The highest BCUT2D eigenvalue weighted by molar-refractivity contribution is 7.13. The summed E-state index contributed by atoms with van der Waals surface area (Å²) in [5.41, 5.74) is 2.16. The van der Waals surface area contributed by atoms with Crippen molar-refractivity contribution in [2.75, 3.05) is 23.3 Å². The van der Waals surface area contributed by atoms with E-state index >= 15 is 0 Å². The molecule has 0 radical (unpaired) electrons. The molecule has 0 bridgehead atoms. The summed E-state index contributed by atoms with van der Waals surface area (Å²) in [6, 6.07) is 8.59. The van der Waals surface area contributed by atoms with Gasteiger partial charge in [0.05, 0.1) is 5.69 Å². The highest BCUT2D eigenvalue weighted by atomic mass is 32.1. The zero-order valence-corrected chi connectivity index (χ0v) is 16.4. The number of aromatic nitrogens is 2. The summed E-state index contributed by atoms with van der Waals surface area (Å²) < 4.78 is 13.9. The second-order valence-corrected chi connectivity index (χ2v) is 7.79. The number of pyridine rings is 1. The van der Waals surface area contributed by atoms with Gasteiger partial charge in [0.15, 0.2) is 0 Å². The third-order valence-corrected chi connectivity index (χ3v) is 5.67. The van der Waals surface area contributed by atoms with Crippen LogP contribution in [0, 0.1) is 12.7 Å². The molecule has 0 atom stereocenters. The second kappa shape index (κ2) is 8.06. The first kappa shape index (κ1) is 18.6. The standard InChI is InChI=1S/C21H21FN4OS/c1-14-5-7-16(22)17(11-14)24-20(27)18-13-28-21(25-18)15-6-8-19(23-12-15)26-9-3-2-4-10-26/h5-8,11-13H,2-4,9-10H2,1H3,(H,24,27). The van der Waals surface area contributed by atoms with Crippen molar-refractivity contribution >= 4 is 28.7 Å². The van der Waals surface area contributed by atoms with Gasteiger partial charge in [-0.25, -0.2) is 14.4 Å². The van der Waals surface area contributed by atoms with E-state index in [1.54, 1.807) is 23.7 Å². The lowest BCUT2D eigenvalue weighted by Crippen LogP contribution is -2.29. The van der Waals surface area contributed by atoms with E-state index in [4.69, 9.17) is 0 Å². The van der Waals surface area contributed by atoms with E-state index in [-0.39, 0.29) is 11.4 Å². The van der Waals surface area contributed by atoms with Crippen molar-refractivity contribution in [3.63, 3.8) is 0 Å². The molecule has 3 heterocycles. The number of aryl methyl sites for hydroxylation is 1. The Labute approximate surface area is 167 Å². The van der Waals surface area contributed by atoms with Crippen molar-refractivity contribution in [2.24, 2.45) is 0 Å². The van der Waals surface area contributed by atoms with Crippen LogP contribution in [-0.4, -0.2) is 29.0 Å². The number of nitrogens with one attached hydrogen (secondary N) is 1. The highest BCUT2D eigenvalue weighted by Crippen LogP contribution is 2.26. The van der Waals surface area contributed by atoms with E-state index in [1.165, 1.54) is 36.7 Å². The number of rotatable bonds is 4. The quantitative estimate of drug-likeness (QED) is 0.682. The predicted octanol–water partition coefficient (Wildman–Crippen LogP) is 4.90. The Kier molecular flexibility index (Phi) is 5.34. The van der Waals surface area contributed by atoms with E-state index in [1.807, 2.05) is 19.1 Å². The van der Waals surface area contributed by atoms with Gasteiger partial charge >= 0.3 is 0 Å². The number of hydrogen-bond acceptors (Lipinski definition) is 5. The third-order valence-electron chi connectivity index (χ3n) is 4.78. The Bertz CT molecular complexity index is 980. The van der Waals surface area contributed by atoms with Crippen molar-refractivity contribution in [3.8, 4) is 10.6 Å². The molecule has 7 heteroatoms. The molecule has 1 fully saturated rings. The first-order valence-electron chi connectivity index (χ1n) is 9.34. The van der Waals surface area contributed by atoms with Gasteiger partial charge in [-0.2, -0.15) is 0 Å². The third kappa shape index (κ3) is 4.04. The van der Waals surface area contributed by atoms with Gasteiger partial charge < -0.3 is 10.2 Å². The fourth-order valence-electron chi connectivity index (χ4n) is 3.25. The number of carbonyl (C=O) groups is 1. The molecular weight excluding hydrogens is 375 g/mol. The number of halogens is 1. The highest BCUT2D eigenvalue weighted by Gasteiger charge is 2.16. The average Bonchev–Trinajstić information content (AvgIpc) is 3.22. The molecule has 1 saturated heterocycles. The van der Waals surface area contributed by atoms with Crippen LogP contribution in [0.1, 0.15) is 35.3 Å². The van der Waals surface area contributed by atoms with Crippen molar-refractivity contribution in [1.82, 2.24) is 9.97 Å². The van der Waals surface area contributed by atoms with Crippen molar-refractivity contribution in [3.05, 3.63) is 59.0 Å². The number of benzene rings is 1. The van der Waals surface area contributed by atoms with E-state index in [9.17, 15) is 9.18 Å². The first-order chi connectivity index (χ1) is 13.6. The molecule has 28 heavy (non-hydrogen) atoms. The normalized spacial score (nSPS) is 14.1. The van der Waals surface area contributed by atoms with E-state index in [0.29, 0.717) is 5.01 Å². The van der Waals surface area contributed by atoms with Gasteiger partial charge in [0, 0.05) is 30.2 Å². The van der Waals surface area contributed by atoms with Crippen LogP contribution in [0.5, 0.6) is 0 Å². The number of thiazole rings is 1. The summed E-state index contributed by atoms with van der Waals surface area (Å²) in [6.07, 6.45) is 5.49. The molecule has 0 saturated carbocycles. The molecule has 144 valence electrons. The lowest BCUT2D eigenvalue weighted by molar-refractivity contribution is 0.102. The minimum Gasteiger partial charge on any atom is -0.357 e. The maximum atomic E-state index is 13.9. The number of nitrogens with zero attached hydrogens (tertiary/aromatic N) is 3. The Morgan fingerprint density at radius 2 is 2.00 bits per heavy atom. The summed E-state index contributed by atoms with van der Waals surface area (Å²) in [5, 5.41) is 4.98. The minimum atomic E-state index is -0.466. The summed E-state index contributed by atoms with van der Waals surface area (Å²) >= 11 is 1.37. The monoisotopic (exact) mass is 396 g/mol. The summed E-state index contributed by atoms with van der Waals surface area (Å²) in [7, 11) is 0. The predicted molar refractivity (Wildman–Crippen MR) is 110 cm³/mol. The molecule has 0 aliphatic carbocycles. The van der Waals surface area contributed by atoms with Gasteiger partial charge in [0.25, 0.3) is 5.91 Å². The SMILES string of the molecule is Cc1ccc(F)c(NC(=O)c2csc(-c3ccc(N4CCCCC4)nc3)n2)c1. The van der Waals surface area contributed by atoms with Crippen LogP contribution in [-0.2, 0) is 0 Å². The van der Waals surface area contributed by atoms with Crippen LogP contribution < -0.4 is 10.2 Å². The van der Waals surface area contributed by atoms with Gasteiger partial charge in [0.2, 0.25) is 0 Å². The van der Waals surface area contributed by atoms with Gasteiger partial charge in [-0.15, -0.1) is 11.3 Å². The Hall–Kier alpha value is -2.80. The topological polar surface area (TPSA) is 58.1 Å². The Morgan fingerprint density at radius 1 is 1.18 bits per heavy atom. The number of carbonyl (C=O) groups excluding carboxylic acids is 1. The zero-order valence-electron chi connectivity index (χ0n) is 15.6. The van der Waals surface area contributed by atoms with Gasteiger partial charge in [-0.05, 0) is 56.0 Å². The number of anilines is 2. The fourth-order valence-corrected chi connectivity index (χ4v) is 4.05. The molecule has 1 aliphatic rings. The lowest BCUT2D eigenvalue weighted by Gasteiger charge is -2.27. The van der Waals surface area contributed by atoms with Crippen LogP contribution in [0.25, 0.3) is 10.6 Å². The van der Waals surface area contributed by atoms with Crippen LogP contribution in [0.4, 0.5) is 15.9 Å². The molecular formula is C21H21FN4OS. The lowest BCUT2D eigenvalue weighted by atomic mass is 10.1. The van der Waals surface area contributed by atoms with E-state index in [0.717, 1.165) is 30.0 Å². The summed E-state index contributed by atoms with van der Waals surface area (Å²) in [4.78, 5) is 23.7. The number of amides is 1. The molecule has 4 rings (SSSR count). The Balaban J connectivity index is 1.47. The van der Waals surface area contributed by atoms with E-state index < -0.39 is 11.7 Å². The maximum absolute atomic E-state index is 13.9. The molecule has 2 aromatic heterocycles. The molecule has 1 aliphatic heterocycles. The molecule has 3 aromatic rings. The summed E-state index contributed by atoms with van der Waals surface area (Å²) in [5.74, 6) is 0.0877. The molecule has 0 spiro atoms. The van der Waals surface area contributed by atoms with Crippen LogP contribution in [0.15, 0.2) is 41.9 Å². The molecule has 1 amide bonds. The number of piperidine rings is 1. The van der Waals surface area contributed by atoms with Gasteiger partial charge in [0.1, 0.15) is 22.3 Å². The average molecular weight is 396 g/mol. The number of hydrogen-bond donors (Lipinski definition) is 1. The van der Waals surface area contributed by atoms with Crippen molar-refractivity contribution in [1.29, 1.82) is 0 Å². The molecule has 1 N–H and O–H groups in total. The largest absolute Gasteiger partial charge is 0.357 e. The van der Waals surface area contributed by atoms with Crippen LogP contribution in [0.3, 0.4) is 0 Å². The maximum Gasteiger partial charge on any atom is 0.275 e. The molecule has 1 aromatic carbocycles. The fraction of sp³-hybridized carbons (Fsp3) is 0.286. The van der Waals surface area contributed by atoms with E-state index in [2.05, 4.69) is 20.2 Å². The van der Waals surface area contributed by atoms with Gasteiger partial charge in [-0.3, -0.25) is 4.79 Å². The minimum absolute atomic E-state index is 0.159. The Morgan fingerprint density at radius 3 is 2.75 bits per heavy atom. The van der Waals surface area contributed by atoms with Crippen molar-refractivity contribution in [2.45, 2.75) is 26.2 Å². The van der Waals surface area contributed by atoms with Crippen molar-refractivity contribution < 1.29 is 9.18 Å². The van der Waals surface area contributed by atoms with Gasteiger partial charge in [-0.1, -0.05) is 6.07 Å². The zero-order chi connectivity index (χ0) is 19.5. The smallest absolute Gasteiger partial charge is 0.275 e. The second-order valence-electron chi connectivity index (χ2n) is 6.93.